The van der Waals surface area contributed by atoms with Crippen LogP contribution in [-0.2, 0) is 11.3 Å². The average molecular weight is 412 g/mol. The van der Waals surface area contributed by atoms with Crippen molar-refractivity contribution in [1.82, 2.24) is 9.55 Å². The van der Waals surface area contributed by atoms with Gasteiger partial charge >= 0.3 is 0 Å². The molecule has 1 aliphatic heterocycles. The molecule has 8 nitrogen and oxygen atoms in total. The highest BCUT2D eigenvalue weighted by atomic mass is 16.5. The number of aromatic nitrogens is 2. The minimum Gasteiger partial charge on any atom is -0.497 e. The Bertz CT molecular complexity index is 1080. The number of hydrogen-bond acceptors (Lipinski definition) is 7. The fraction of sp³-hybridized carbons (Fsp3) is 0.364. The summed E-state index contributed by atoms with van der Waals surface area (Å²) in [5.74, 6) is 1.38. The predicted molar refractivity (Wildman–Crippen MR) is 110 cm³/mol. The SMILES string of the molecule is COc1ccc2c(OCCn3cc([C@H]4OCC[C@@H](O)[C@@H]4O)ccc3=O)ccnc2c1. The van der Waals surface area contributed by atoms with Gasteiger partial charge in [-0.25, -0.2) is 0 Å². The molecule has 3 atom stereocenters. The molecule has 158 valence electrons. The lowest BCUT2D eigenvalue weighted by atomic mass is 9.97. The lowest BCUT2D eigenvalue weighted by Gasteiger charge is -2.32. The number of nitrogens with zero attached hydrogens (tertiary/aromatic N) is 2. The second-order valence-corrected chi connectivity index (χ2v) is 7.17. The highest BCUT2D eigenvalue weighted by Crippen LogP contribution is 2.29. The molecule has 1 aliphatic rings. The van der Waals surface area contributed by atoms with Crippen LogP contribution in [0.25, 0.3) is 10.9 Å². The van der Waals surface area contributed by atoms with Crippen LogP contribution >= 0.6 is 0 Å². The Hall–Kier alpha value is -2.94. The fourth-order valence-corrected chi connectivity index (χ4v) is 3.58. The van der Waals surface area contributed by atoms with Crippen molar-refractivity contribution in [2.75, 3.05) is 20.3 Å². The second-order valence-electron chi connectivity index (χ2n) is 7.17. The monoisotopic (exact) mass is 412 g/mol. The van der Waals surface area contributed by atoms with Gasteiger partial charge in [-0.2, -0.15) is 0 Å². The van der Waals surface area contributed by atoms with E-state index in [1.807, 2.05) is 18.2 Å². The molecular formula is C22H24N2O6. The Labute approximate surface area is 173 Å². The Morgan fingerprint density at radius 2 is 2.10 bits per heavy atom. The lowest BCUT2D eigenvalue weighted by molar-refractivity contribution is -0.137. The predicted octanol–water partition coefficient (Wildman–Crippen LogP) is 1.67. The van der Waals surface area contributed by atoms with E-state index in [1.54, 1.807) is 31.6 Å². The van der Waals surface area contributed by atoms with Gasteiger partial charge in [-0.05, 0) is 36.2 Å². The molecule has 0 amide bonds. The van der Waals surface area contributed by atoms with Crippen LogP contribution in [0.15, 0.2) is 53.6 Å². The van der Waals surface area contributed by atoms with E-state index in [1.165, 1.54) is 10.6 Å². The normalized spacial score (nSPS) is 21.5. The number of hydrogen-bond donors (Lipinski definition) is 2. The van der Waals surface area contributed by atoms with Gasteiger partial charge in [0.1, 0.15) is 30.3 Å². The van der Waals surface area contributed by atoms with E-state index < -0.39 is 18.3 Å². The van der Waals surface area contributed by atoms with E-state index >= 15 is 0 Å². The first-order chi connectivity index (χ1) is 14.6. The number of ether oxygens (including phenoxy) is 3. The minimum atomic E-state index is -1.03. The van der Waals surface area contributed by atoms with Gasteiger partial charge in [0.2, 0.25) is 0 Å². The van der Waals surface area contributed by atoms with Crippen molar-refractivity contribution < 1.29 is 24.4 Å². The Morgan fingerprint density at radius 3 is 2.93 bits per heavy atom. The molecule has 8 heteroatoms. The molecule has 1 aromatic carbocycles. The molecule has 3 heterocycles. The maximum absolute atomic E-state index is 12.3. The molecule has 2 aromatic heterocycles. The summed E-state index contributed by atoms with van der Waals surface area (Å²) in [5.41, 5.74) is 1.22. The molecule has 0 unspecified atom stereocenters. The van der Waals surface area contributed by atoms with Crippen LogP contribution in [0.3, 0.4) is 0 Å². The second kappa shape index (κ2) is 8.83. The average Bonchev–Trinajstić information content (AvgIpc) is 2.76. The summed E-state index contributed by atoms with van der Waals surface area (Å²) in [6, 6.07) is 10.4. The summed E-state index contributed by atoms with van der Waals surface area (Å²) >= 11 is 0. The first-order valence-electron chi connectivity index (χ1n) is 9.80. The van der Waals surface area contributed by atoms with Gasteiger partial charge in [0.25, 0.3) is 5.56 Å². The molecule has 0 aliphatic carbocycles. The van der Waals surface area contributed by atoms with E-state index in [-0.39, 0.29) is 12.2 Å². The lowest BCUT2D eigenvalue weighted by Crippen LogP contribution is -2.39. The molecule has 0 radical (unpaired) electrons. The standard InChI is InChI=1S/C22H24N2O6/c1-28-15-3-4-16-17(12-15)23-8-6-19(16)29-11-9-24-13-14(2-5-20(24)26)22-21(27)18(25)7-10-30-22/h2-6,8,12-13,18,21-22,25,27H,7,9-11H2,1H3/t18-,21+,22-/m1/s1. The third-order valence-electron chi connectivity index (χ3n) is 5.25. The van der Waals surface area contributed by atoms with Gasteiger partial charge in [-0.1, -0.05) is 0 Å². The van der Waals surface area contributed by atoms with Crippen LogP contribution < -0.4 is 15.0 Å². The van der Waals surface area contributed by atoms with Crippen LogP contribution in [0.4, 0.5) is 0 Å². The van der Waals surface area contributed by atoms with Gasteiger partial charge < -0.3 is 29.0 Å². The Kier molecular flexibility index (Phi) is 5.98. The molecule has 0 bridgehead atoms. The van der Waals surface area contributed by atoms with Gasteiger partial charge in [0.15, 0.2) is 0 Å². The summed E-state index contributed by atoms with van der Waals surface area (Å²) in [6.07, 6.45) is 1.16. The first kappa shape index (κ1) is 20.3. The minimum absolute atomic E-state index is 0.183. The van der Waals surface area contributed by atoms with Crippen molar-refractivity contribution in [1.29, 1.82) is 0 Å². The van der Waals surface area contributed by atoms with E-state index in [9.17, 15) is 15.0 Å². The van der Waals surface area contributed by atoms with Crippen molar-refractivity contribution in [2.24, 2.45) is 0 Å². The van der Waals surface area contributed by atoms with E-state index in [0.717, 1.165) is 10.9 Å². The van der Waals surface area contributed by atoms with Crippen molar-refractivity contribution in [3.8, 4) is 11.5 Å². The number of pyridine rings is 2. The van der Waals surface area contributed by atoms with Crippen molar-refractivity contribution in [2.45, 2.75) is 31.3 Å². The van der Waals surface area contributed by atoms with Crippen LogP contribution in [-0.4, -0.2) is 52.3 Å². The number of aliphatic hydroxyl groups is 2. The Balaban J connectivity index is 1.48. The first-order valence-corrected chi connectivity index (χ1v) is 9.80. The summed E-state index contributed by atoms with van der Waals surface area (Å²) in [6.45, 7) is 0.939. The summed E-state index contributed by atoms with van der Waals surface area (Å²) in [4.78, 5) is 16.6. The highest BCUT2D eigenvalue weighted by Gasteiger charge is 2.32. The zero-order valence-electron chi connectivity index (χ0n) is 16.6. The zero-order valence-corrected chi connectivity index (χ0v) is 16.6. The number of fused-ring (bicyclic) bond motifs is 1. The third-order valence-corrected chi connectivity index (χ3v) is 5.25. The van der Waals surface area contributed by atoms with E-state index in [2.05, 4.69) is 4.98 Å². The van der Waals surface area contributed by atoms with E-state index in [4.69, 9.17) is 14.2 Å². The summed E-state index contributed by atoms with van der Waals surface area (Å²) in [7, 11) is 1.60. The molecule has 0 saturated carbocycles. The Morgan fingerprint density at radius 1 is 1.23 bits per heavy atom. The van der Waals surface area contributed by atoms with Crippen molar-refractivity contribution >= 4 is 10.9 Å². The number of rotatable bonds is 6. The maximum atomic E-state index is 12.3. The smallest absolute Gasteiger partial charge is 0.250 e. The highest BCUT2D eigenvalue weighted by molar-refractivity contribution is 5.85. The summed E-state index contributed by atoms with van der Waals surface area (Å²) < 4.78 is 18.3. The molecule has 1 saturated heterocycles. The summed E-state index contributed by atoms with van der Waals surface area (Å²) in [5, 5.41) is 21.0. The maximum Gasteiger partial charge on any atom is 0.250 e. The van der Waals surface area contributed by atoms with Crippen LogP contribution in [0.2, 0.25) is 0 Å². The number of methoxy groups -OCH3 is 1. The topological polar surface area (TPSA) is 103 Å². The number of aliphatic hydroxyl groups excluding tert-OH is 2. The molecule has 2 N–H and O–H groups in total. The molecule has 3 aromatic rings. The van der Waals surface area contributed by atoms with Crippen LogP contribution in [0.1, 0.15) is 18.1 Å². The van der Waals surface area contributed by atoms with Crippen LogP contribution in [0.5, 0.6) is 11.5 Å². The van der Waals surface area contributed by atoms with Crippen LogP contribution in [0, 0.1) is 0 Å². The molecule has 1 fully saturated rings. The van der Waals surface area contributed by atoms with E-state index in [0.29, 0.717) is 36.6 Å². The van der Waals surface area contributed by atoms with Crippen molar-refractivity contribution in [3.63, 3.8) is 0 Å². The van der Waals surface area contributed by atoms with Gasteiger partial charge in [0, 0.05) is 29.9 Å². The third kappa shape index (κ3) is 4.16. The fourth-order valence-electron chi connectivity index (χ4n) is 3.58. The zero-order chi connectivity index (χ0) is 21.1. The molecule has 0 spiro atoms. The number of benzene rings is 1. The molecule has 4 rings (SSSR count). The quantitative estimate of drug-likeness (QED) is 0.635. The van der Waals surface area contributed by atoms with Gasteiger partial charge in [0.05, 0.1) is 31.9 Å². The largest absolute Gasteiger partial charge is 0.497 e. The molecule has 30 heavy (non-hydrogen) atoms. The molecular weight excluding hydrogens is 388 g/mol. The van der Waals surface area contributed by atoms with Gasteiger partial charge in [-0.15, -0.1) is 0 Å². The van der Waals surface area contributed by atoms with Gasteiger partial charge in [-0.3, -0.25) is 9.78 Å². The van der Waals surface area contributed by atoms with Crippen molar-refractivity contribution in [3.05, 3.63) is 64.7 Å².